The fourth-order valence-corrected chi connectivity index (χ4v) is 2.27. The second kappa shape index (κ2) is 4.61. The molecule has 3 rings (SSSR count). The molecule has 1 aromatic carbocycles. The Morgan fingerprint density at radius 2 is 2.00 bits per heavy atom. The summed E-state index contributed by atoms with van der Waals surface area (Å²) in [5, 5.41) is 0.494. The van der Waals surface area contributed by atoms with E-state index < -0.39 is 6.30 Å². The number of para-hydroxylation sites is 1. The van der Waals surface area contributed by atoms with Crippen molar-refractivity contribution in [3.05, 3.63) is 18.2 Å². The van der Waals surface area contributed by atoms with Crippen molar-refractivity contribution in [2.24, 2.45) is 0 Å². The lowest BCUT2D eigenvalue weighted by Gasteiger charge is -2.36. The van der Waals surface area contributed by atoms with Gasteiger partial charge in [0.2, 0.25) is 0 Å². The molecule has 0 N–H and O–H groups in total. The van der Waals surface area contributed by atoms with E-state index in [4.69, 9.17) is 9.47 Å². The van der Waals surface area contributed by atoms with Crippen LogP contribution < -0.4 is 14.4 Å². The van der Waals surface area contributed by atoms with Crippen LogP contribution in [0, 0.1) is 0 Å². The van der Waals surface area contributed by atoms with Gasteiger partial charge in [-0.25, -0.2) is 4.39 Å². The van der Waals surface area contributed by atoms with Crippen LogP contribution in [0.15, 0.2) is 18.2 Å². The largest absolute Gasteiger partial charge is 0.486 e. The molecule has 1 atom stereocenters. The molecule has 1 fully saturated rings. The van der Waals surface area contributed by atoms with Crippen molar-refractivity contribution < 1.29 is 18.3 Å². The first-order valence-electron chi connectivity index (χ1n) is 5.96. The first-order valence-corrected chi connectivity index (χ1v) is 5.96. The second-order valence-corrected chi connectivity index (χ2v) is 4.30. The van der Waals surface area contributed by atoms with Crippen LogP contribution in [0.3, 0.4) is 0 Å². The van der Waals surface area contributed by atoms with Gasteiger partial charge in [0.1, 0.15) is 13.2 Å². The van der Waals surface area contributed by atoms with Gasteiger partial charge in [0.25, 0.3) is 0 Å². The van der Waals surface area contributed by atoms with Gasteiger partial charge < -0.3 is 14.4 Å². The van der Waals surface area contributed by atoms with Crippen molar-refractivity contribution in [1.82, 2.24) is 5.12 Å². The third-order valence-electron chi connectivity index (χ3n) is 3.13. The topological polar surface area (TPSA) is 24.9 Å². The average Bonchev–Trinajstić information content (AvgIpc) is 2.38. The average molecular weight is 256 g/mol. The Bertz CT molecular complexity index is 444. The Kier molecular flexibility index (Phi) is 2.95. The SMILES string of the molecule is FC1CN(F)CCN1c1cccc2c1OCCO2. The zero-order valence-electron chi connectivity index (χ0n) is 9.81. The number of anilines is 1. The van der Waals surface area contributed by atoms with Gasteiger partial charge in [0.15, 0.2) is 17.8 Å². The summed E-state index contributed by atoms with van der Waals surface area (Å²) in [6.45, 7) is 1.17. The summed E-state index contributed by atoms with van der Waals surface area (Å²) in [5.74, 6) is 1.17. The lowest BCUT2D eigenvalue weighted by molar-refractivity contribution is -0.0159. The van der Waals surface area contributed by atoms with Gasteiger partial charge in [0.05, 0.1) is 12.2 Å². The number of piperazine rings is 1. The minimum absolute atomic E-state index is 0.185. The summed E-state index contributed by atoms with van der Waals surface area (Å²) >= 11 is 0. The number of alkyl halides is 1. The summed E-state index contributed by atoms with van der Waals surface area (Å²) in [5.41, 5.74) is 0.632. The van der Waals surface area contributed by atoms with Crippen molar-refractivity contribution in [3.8, 4) is 11.5 Å². The lowest BCUT2D eigenvalue weighted by Crippen LogP contribution is -2.48. The molecule has 0 aliphatic carbocycles. The van der Waals surface area contributed by atoms with Gasteiger partial charge in [-0.1, -0.05) is 6.07 Å². The van der Waals surface area contributed by atoms with Gasteiger partial charge in [-0.2, -0.15) is 0 Å². The number of halogens is 2. The first-order chi connectivity index (χ1) is 8.75. The Morgan fingerprint density at radius 1 is 1.17 bits per heavy atom. The van der Waals surface area contributed by atoms with Crippen molar-refractivity contribution in [1.29, 1.82) is 0 Å². The van der Waals surface area contributed by atoms with Crippen molar-refractivity contribution in [2.45, 2.75) is 6.30 Å². The van der Waals surface area contributed by atoms with E-state index in [1.807, 2.05) is 0 Å². The van der Waals surface area contributed by atoms with E-state index in [-0.39, 0.29) is 19.6 Å². The molecule has 2 aliphatic heterocycles. The third kappa shape index (κ3) is 1.96. The maximum atomic E-state index is 13.9. The number of rotatable bonds is 1. The Balaban J connectivity index is 1.92. The number of fused-ring (bicyclic) bond motifs is 1. The zero-order chi connectivity index (χ0) is 12.5. The molecular weight excluding hydrogens is 242 g/mol. The Morgan fingerprint density at radius 3 is 2.83 bits per heavy atom. The van der Waals surface area contributed by atoms with E-state index in [9.17, 15) is 8.87 Å². The molecule has 0 amide bonds. The molecule has 1 unspecified atom stereocenters. The van der Waals surface area contributed by atoms with Crippen molar-refractivity contribution >= 4 is 5.69 Å². The predicted molar refractivity (Wildman–Crippen MR) is 62.4 cm³/mol. The minimum atomic E-state index is -1.37. The fourth-order valence-electron chi connectivity index (χ4n) is 2.27. The Labute approximate surface area is 104 Å². The maximum absolute atomic E-state index is 13.9. The van der Waals surface area contributed by atoms with Crippen molar-refractivity contribution in [2.75, 3.05) is 37.7 Å². The summed E-state index contributed by atoms with van der Waals surface area (Å²) in [7, 11) is 0. The van der Waals surface area contributed by atoms with Crippen LogP contribution >= 0.6 is 0 Å². The minimum Gasteiger partial charge on any atom is -0.486 e. The van der Waals surface area contributed by atoms with Gasteiger partial charge in [0, 0.05) is 13.1 Å². The number of ether oxygens (including phenoxy) is 2. The molecule has 98 valence electrons. The van der Waals surface area contributed by atoms with E-state index in [0.29, 0.717) is 35.5 Å². The van der Waals surface area contributed by atoms with E-state index in [1.54, 1.807) is 18.2 Å². The van der Waals surface area contributed by atoms with Crippen LogP contribution in [0.5, 0.6) is 11.5 Å². The maximum Gasteiger partial charge on any atom is 0.188 e. The number of benzene rings is 1. The van der Waals surface area contributed by atoms with E-state index in [2.05, 4.69) is 0 Å². The molecule has 0 radical (unpaired) electrons. The number of hydrogen-bond donors (Lipinski definition) is 0. The lowest BCUT2D eigenvalue weighted by atomic mass is 10.2. The normalized spacial score (nSPS) is 24.1. The summed E-state index contributed by atoms with van der Waals surface area (Å²) in [6.07, 6.45) is -1.37. The highest BCUT2D eigenvalue weighted by molar-refractivity contribution is 5.65. The molecule has 0 saturated carbocycles. The smallest absolute Gasteiger partial charge is 0.188 e. The highest BCUT2D eigenvalue weighted by atomic mass is 19.2. The molecule has 0 bridgehead atoms. The van der Waals surface area contributed by atoms with Crippen LogP contribution in [-0.4, -0.2) is 44.3 Å². The molecule has 0 spiro atoms. The summed E-state index contributed by atoms with van der Waals surface area (Å²) in [6, 6.07) is 5.35. The monoisotopic (exact) mass is 256 g/mol. The molecule has 18 heavy (non-hydrogen) atoms. The number of hydrogen-bond acceptors (Lipinski definition) is 4. The van der Waals surface area contributed by atoms with E-state index in [0.717, 1.165) is 0 Å². The predicted octanol–water partition coefficient (Wildman–Crippen LogP) is 1.76. The van der Waals surface area contributed by atoms with E-state index in [1.165, 1.54) is 4.90 Å². The van der Waals surface area contributed by atoms with Crippen molar-refractivity contribution in [3.63, 3.8) is 0 Å². The van der Waals surface area contributed by atoms with Crippen LogP contribution in [-0.2, 0) is 0 Å². The van der Waals surface area contributed by atoms with Crippen LogP contribution in [0.1, 0.15) is 0 Å². The van der Waals surface area contributed by atoms with Crippen LogP contribution in [0.25, 0.3) is 0 Å². The molecule has 2 aliphatic rings. The van der Waals surface area contributed by atoms with Crippen LogP contribution in [0.4, 0.5) is 14.6 Å². The Hall–Kier alpha value is -1.56. The fraction of sp³-hybridized carbons (Fsp3) is 0.500. The molecule has 4 nitrogen and oxygen atoms in total. The highest BCUT2D eigenvalue weighted by Crippen LogP contribution is 2.40. The summed E-state index contributed by atoms with van der Waals surface area (Å²) < 4.78 is 37.9. The van der Waals surface area contributed by atoms with Gasteiger partial charge in [-0.15, -0.1) is 9.60 Å². The van der Waals surface area contributed by atoms with E-state index >= 15 is 0 Å². The molecule has 1 saturated heterocycles. The van der Waals surface area contributed by atoms with Gasteiger partial charge >= 0.3 is 0 Å². The standard InChI is InChI=1S/C12H14F2N2O2/c13-11-8-15(14)4-5-16(11)9-2-1-3-10-12(9)18-7-6-17-10/h1-3,11H,4-8H2. The second-order valence-electron chi connectivity index (χ2n) is 4.30. The highest BCUT2D eigenvalue weighted by Gasteiger charge is 2.30. The van der Waals surface area contributed by atoms with Gasteiger partial charge in [-0.05, 0) is 12.1 Å². The zero-order valence-corrected chi connectivity index (χ0v) is 9.81. The first kappa shape index (κ1) is 11.5. The summed E-state index contributed by atoms with van der Waals surface area (Å²) in [4.78, 5) is 1.52. The third-order valence-corrected chi connectivity index (χ3v) is 3.13. The molecular formula is C12H14F2N2O2. The molecule has 6 heteroatoms. The molecule has 2 heterocycles. The quantitative estimate of drug-likeness (QED) is 0.564. The molecule has 1 aromatic rings. The molecule has 0 aromatic heterocycles. The number of nitrogens with zero attached hydrogens (tertiary/aromatic N) is 2. The van der Waals surface area contributed by atoms with Gasteiger partial charge in [-0.3, -0.25) is 0 Å². The van der Waals surface area contributed by atoms with Crippen LogP contribution in [0.2, 0.25) is 0 Å².